The molecule has 1 aromatic rings. The van der Waals surface area contributed by atoms with Gasteiger partial charge in [-0.1, -0.05) is 0 Å². The first-order valence-electron chi connectivity index (χ1n) is 14.9. The Hall–Kier alpha value is -1.48. The number of piperidine rings is 1. The van der Waals surface area contributed by atoms with Crippen LogP contribution in [-0.2, 0) is 15.8 Å². The lowest BCUT2D eigenvalue weighted by atomic mass is 9.74. The Kier molecular flexibility index (Phi) is 11.1. The average molecular weight is 547 g/mol. The molecule has 3 aliphatic rings. The van der Waals surface area contributed by atoms with E-state index in [1.165, 1.54) is 77.8 Å². The molecule has 8 heteroatoms. The predicted octanol–water partition coefficient (Wildman–Crippen LogP) is 4.14. The Morgan fingerprint density at radius 1 is 0.947 bits per heavy atom. The first-order chi connectivity index (χ1) is 18.3. The molecule has 1 unspecified atom stereocenters. The topological polar surface area (TPSA) is 65.1 Å². The van der Waals surface area contributed by atoms with Gasteiger partial charge in [-0.3, -0.25) is 4.79 Å². The number of benzene rings is 1. The van der Waals surface area contributed by atoms with E-state index in [1.807, 2.05) is 33.0 Å². The van der Waals surface area contributed by atoms with Crippen molar-refractivity contribution in [3.05, 3.63) is 23.3 Å². The molecule has 214 valence electrons. The molecule has 0 radical (unpaired) electrons. The highest BCUT2D eigenvalue weighted by Crippen LogP contribution is 2.36. The highest BCUT2D eigenvalue weighted by molar-refractivity contribution is 7.82. The minimum atomic E-state index is -1.31. The highest BCUT2D eigenvalue weighted by Gasteiger charge is 2.31. The number of rotatable bonds is 11. The first kappa shape index (κ1) is 29.5. The number of carbonyl (C=O) groups is 1. The summed E-state index contributed by atoms with van der Waals surface area (Å²) in [6.07, 6.45) is 10.5. The number of likely N-dealkylation sites (tertiary alicyclic amines) is 2. The zero-order valence-corrected chi connectivity index (χ0v) is 25.0. The van der Waals surface area contributed by atoms with E-state index in [0.717, 1.165) is 46.4 Å². The van der Waals surface area contributed by atoms with Crippen molar-refractivity contribution in [2.24, 2.45) is 11.8 Å². The van der Waals surface area contributed by atoms with Crippen molar-refractivity contribution in [1.82, 2.24) is 19.4 Å². The third-order valence-corrected chi connectivity index (χ3v) is 10.9. The summed E-state index contributed by atoms with van der Waals surface area (Å²) < 4.78 is 20.2. The lowest BCUT2D eigenvalue weighted by Crippen LogP contribution is -2.43. The first-order valence-corrected chi connectivity index (χ1v) is 16.0. The van der Waals surface area contributed by atoms with Gasteiger partial charge in [0.25, 0.3) is 0 Å². The number of nitrogens with one attached hydrogen (secondary N) is 1. The number of nitrogens with zero attached hydrogens (tertiary/aromatic N) is 3. The summed E-state index contributed by atoms with van der Waals surface area (Å²) in [5, 5.41) is 3.27. The van der Waals surface area contributed by atoms with Gasteiger partial charge in [-0.25, -0.2) is 8.51 Å². The fraction of sp³-hybridized carbons (Fsp3) is 0.767. The molecule has 1 aliphatic carbocycles. The number of carbonyl (C=O) groups excluding carboxylic acids is 1. The van der Waals surface area contributed by atoms with E-state index in [2.05, 4.69) is 15.1 Å². The fourth-order valence-corrected chi connectivity index (χ4v) is 8.01. The maximum Gasteiger partial charge on any atom is 0.221 e. The number of amides is 1. The van der Waals surface area contributed by atoms with Crippen LogP contribution >= 0.6 is 0 Å². The van der Waals surface area contributed by atoms with Crippen molar-refractivity contribution in [3.63, 3.8) is 0 Å². The smallest absolute Gasteiger partial charge is 0.221 e. The average Bonchev–Trinajstić information content (AvgIpc) is 3.44. The standard InChI is InChI=1S/C30H50N4O3S/c1-23-21-28(37-4)22-24(2)30(23)38(36)32(3)16-13-29(35)31-27-9-7-25(8-10-27)26-11-17-34(18-12-26)20-19-33-14-5-6-15-33/h21-22,25-27H,5-20H2,1-4H3,(H,31,35). The molecule has 2 saturated heterocycles. The van der Waals surface area contributed by atoms with E-state index >= 15 is 0 Å². The van der Waals surface area contributed by atoms with Crippen molar-refractivity contribution in [2.75, 3.05) is 60.0 Å². The maximum absolute atomic E-state index is 13.2. The second-order valence-electron chi connectivity index (χ2n) is 11.8. The van der Waals surface area contributed by atoms with Gasteiger partial charge in [0, 0.05) is 39.1 Å². The van der Waals surface area contributed by atoms with Crippen LogP contribution in [0.4, 0.5) is 0 Å². The number of hydrogen-bond donors (Lipinski definition) is 1. The van der Waals surface area contributed by atoms with Crippen LogP contribution in [0.3, 0.4) is 0 Å². The highest BCUT2D eigenvalue weighted by atomic mass is 32.2. The molecule has 2 aliphatic heterocycles. The van der Waals surface area contributed by atoms with E-state index < -0.39 is 11.0 Å². The summed E-state index contributed by atoms with van der Waals surface area (Å²) >= 11 is 0. The van der Waals surface area contributed by atoms with Crippen LogP contribution in [0, 0.1) is 25.7 Å². The summed E-state index contributed by atoms with van der Waals surface area (Å²) in [5.74, 6) is 2.54. The summed E-state index contributed by atoms with van der Waals surface area (Å²) in [5.41, 5.74) is 1.89. The van der Waals surface area contributed by atoms with Gasteiger partial charge in [-0.05, 0) is 126 Å². The molecule has 1 aromatic carbocycles. The van der Waals surface area contributed by atoms with Gasteiger partial charge in [-0.2, -0.15) is 0 Å². The van der Waals surface area contributed by atoms with Crippen molar-refractivity contribution in [3.8, 4) is 5.75 Å². The second kappa shape index (κ2) is 14.2. The maximum atomic E-state index is 13.2. The monoisotopic (exact) mass is 546 g/mol. The van der Waals surface area contributed by atoms with Gasteiger partial charge in [0.1, 0.15) is 16.7 Å². The summed E-state index contributed by atoms with van der Waals surface area (Å²) in [6, 6.07) is 4.12. The quantitative estimate of drug-likeness (QED) is 0.452. The molecule has 38 heavy (non-hydrogen) atoms. The van der Waals surface area contributed by atoms with Gasteiger partial charge in [0.05, 0.1) is 12.0 Å². The van der Waals surface area contributed by atoms with Gasteiger partial charge >= 0.3 is 0 Å². The molecule has 2 heterocycles. The van der Waals surface area contributed by atoms with Crippen molar-refractivity contribution < 1.29 is 13.7 Å². The van der Waals surface area contributed by atoms with Crippen LogP contribution in [-0.4, -0.2) is 90.2 Å². The lowest BCUT2D eigenvalue weighted by molar-refractivity contribution is -0.122. The van der Waals surface area contributed by atoms with Gasteiger partial charge in [0.2, 0.25) is 5.91 Å². The van der Waals surface area contributed by atoms with Crippen LogP contribution in [0.25, 0.3) is 0 Å². The van der Waals surface area contributed by atoms with E-state index in [-0.39, 0.29) is 5.91 Å². The summed E-state index contributed by atoms with van der Waals surface area (Å²) in [7, 11) is 2.16. The molecule has 7 nitrogen and oxygen atoms in total. The molecular formula is C30H50N4O3S. The fourth-order valence-electron chi connectivity index (χ4n) is 6.77. The Bertz CT molecular complexity index is 912. The van der Waals surface area contributed by atoms with E-state index in [1.54, 1.807) is 11.4 Å². The van der Waals surface area contributed by atoms with Gasteiger partial charge in [-0.15, -0.1) is 0 Å². The Balaban J connectivity index is 1.12. The van der Waals surface area contributed by atoms with E-state index in [9.17, 15) is 9.00 Å². The summed E-state index contributed by atoms with van der Waals surface area (Å²) in [6.45, 7) is 12.0. The molecular weight excluding hydrogens is 496 g/mol. The molecule has 1 N–H and O–H groups in total. The van der Waals surface area contributed by atoms with Crippen molar-refractivity contribution in [1.29, 1.82) is 0 Å². The molecule has 3 fully saturated rings. The SMILES string of the molecule is COc1cc(C)c(S(=O)N(C)CCC(=O)NC2CCC(C3CCN(CCN4CCCC4)CC3)CC2)c(C)c1. The Morgan fingerprint density at radius 2 is 1.50 bits per heavy atom. The zero-order chi connectivity index (χ0) is 27.1. The molecule has 0 aromatic heterocycles. The second-order valence-corrected chi connectivity index (χ2v) is 13.4. The van der Waals surface area contributed by atoms with Gasteiger partial charge in [0.15, 0.2) is 0 Å². The number of aryl methyl sites for hydroxylation is 2. The Labute approximate surface area is 233 Å². The largest absolute Gasteiger partial charge is 0.497 e. The number of ether oxygens (including phenoxy) is 1. The van der Waals surface area contributed by atoms with Crippen LogP contribution < -0.4 is 10.1 Å². The molecule has 1 saturated carbocycles. The van der Waals surface area contributed by atoms with Crippen LogP contribution in [0.2, 0.25) is 0 Å². The zero-order valence-electron chi connectivity index (χ0n) is 24.2. The van der Waals surface area contributed by atoms with E-state index in [0.29, 0.717) is 19.0 Å². The normalized spacial score (nSPS) is 24.6. The number of methoxy groups -OCH3 is 1. The van der Waals surface area contributed by atoms with E-state index in [4.69, 9.17) is 4.74 Å². The molecule has 1 amide bonds. The van der Waals surface area contributed by atoms with Crippen molar-refractivity contribution in [2.45, 2.75) is 82.6 Å². The third kappa shape index (κ3) is 8.03. The van der Waals surface area contributed by atoms with Crippen LogP contribution in [0.1, 0.15) is 68.9 Å². The van der Waals surface area contributed by atoms with Crippen LogP contribution in [0.15, 0.2) is 17.0 Å². The van der Waals surface area contributed by atoms with Crippen molar-refractivity contribution >= 4 is 16.9 Å². The molecule has 0 bridgehead atoms. The molecule has 0 spiro atoms. The number of hydrogen-bond acceptors (Lipinski definition) is 5. The lowest BCUT2D eigenvalue weighted by Gasteiger charge is -2.39. The minimum Gasteiger partial charge on any atom is -0.497 e. The minimum absolute atomic E-state index is 0.0757. The third-order valence-electron chi connectivity index (χ3n) is 9.15. The molecule has 4 rings (SSSR count). The summed E-state index contributed by atoms with van der Waals surface area (Å²) in [4.78, 5) is 18.8. The van der Waals surface area contributed by atoms with Crippen LogP contribution in [0.5, 0.6) is 5.75 Å². The molecule has 1 atom stereocenters. The predicted molar refractivity (Wildman–Crippen MR) is 155 cm³/mol. The Morgan fingerprint density at radius 3 is 2.08 bits per heavy atom. The van der Waals surface area contributed by atoms with Gasteiger partial charge < -0.3 is 19.9 Å².